The van der Waals surface area contributed by atoms with Crippen LogP contribution in [0.1, 0.15) is 29.3 Å². The number of urea groups is 1. The first kappa shape index (κ1) is 15.6. The van der Waals surface area contributed by atoms with Crippen LogP contribution < -0.4 is 20.1 Å². The maximum Gasteiger partial charge on any atom is 0.319 e. The maximum absolute atomic E-state index is 12.4. The van der Waals surface area contributed by atoms with Crippen molar-refractivity contribution < 1.29 is 14.3 Å². The lowest BCUT2D eigenvalue weighted by Crippen LogP contribution is -2.34. The van der Waals surface area contributed by atoms with Crippen LogP contribution in [0.3, 0.4) is 0 Å². The Balaban J connectivity index is 1.47. The molecule has 4 rings (SSSR count). The van der Waals surface area contributed by atoms with Gasteiger partial charge in [0.2, 0.25) is 0 Å². The molecule has 2 amide bonds. The number of carbonyl (C=O) groups is 1. The number of hydrogen-bond acceptors (Lipinski definition) is 4. The molecule has 0 spiro atoms. The molecule has 5 nitrogen and oxygen atoms in total. The molecule has 24 heavy (non-hydrogen) atoms. The number of benzene rings is 1. The molecule has 1 aliphatic carbocycles. The summed E-state index contributed by atoms with van der Waals surface area (Å²) in [7, 11) is 0. The van der Waals surface area contributed by atoms with Crippen LogP contribution in [0.25, 0.3) is 0 Å². The topological polar surface area (TPSA) is 59.6 Å². The molecule has 0 fully saturated rings. The van der Waals surface area contributed by atoms with E-state index in [1.807, 2.05) is 0 Å². The second-order valence-electron chi connectivity index (χ2n) is 5.82. The average molecular weight is 365 g/mol. The summed E-state index contributed by atoms with van der Waals surface area (Å²) in [6.45, 7) is 0.991. The fourth-order valence-electron chi connectivity index (χ4n) is 3.11. The lowest BCUT2D eigenvalue weighted by molar-refractivity contribution is 0.171. The van der Waals surface area contributed by atoms with Gasteiger partial charge in [-0.2, -0.15) is 0 Å². The molecule has 1 unspecified atom stereocenters. The number of anilines is 1. The Hall–Kier alpha value is -1.92. The Morgan fingerprint density at radius 3 is 2.88 bits per heavy atom. The third kappa shape index (κ3) is 3.03. The van der Waals surface area contributed by atoms with Crippen molar-refractivity contribution in [3.8, 4) is 11.5 Å². The van der Waals surface area contributed by atoms with Crippen molar-refractivity contribution in [1.82, 2.24) is 5.32 Å². The monoisotopic (exact) mass is 364 g/mol. The number of hydrogen-bond donors (Lipinski definition) is 2. The first-order valence-electron chi connectivity index (χ1n) is 7.93. The first-order valence-corrected chi connectivity index (χ1v) is 9.19. The largest absolute Gasteiger partial charge is 0.486 e. The summed E-state index contributed by atoms with van der Waals surface area (Å²) in [6, 6.07) is 5.26. The summed E-state index contributed by atoms with van der Waals surface area (Å²) in [5.74, 6) is 1.20. The smallest absolute Gasteiger partial charge is 0.319 e. The number of carbonyl (C=O) groups excluding carboxylic acids is 1. The fraction of sp³-hybridized carbons (Fsp3) is 0.353. The number of amides is 2. The lowest BCUT2D eigenvalue weighted by atomic mass is 9.94. The van der Waals surface area contributed by atoms with Crippen molar-refractivity contribution in [2.45, 2.75) is 25.3 Å². The van der Waals surface area contributed by atoms with E-state index in [9.17, 15) is 4.79 Å². The van der Waals surface area contributed by atoms with Crippen molar-refractivity contribution >= 4 is 34.7 Å². The number of aryl methyl sites for hydroxylation is 1. The average Bonchev–Trinajstić information content (AvgIpc) is 3.05. The molecule has 0 saturated heterocycles. The van der Waals surface area contributed by atoms with E-state index >= 15 is 0 Å². The molecule has 7 heteroatoms. The summed E-state index contributed by atoms with van der Waals surface area (Å²) in [5.41, 5.74) is 1.74. The van der Waals surface area contributed by atoms with Gasteiger partial charge in [-0.05, 0) is 36.3 Å². The summed E-state index contributed by atoms with van der Waals surface area (Å²) < 4.78 is 11.0. The fourth-order valence-corrected chi connectivity index (χ4v) is 4.30. The van der Waals surface area contributed by atoms with Crippen LogP contribution in [0.2, 0.25) is 5.02 Å². The molecule has 2 aromatic rings. The molecule has 1 aromatic heterocycles. The molecular weight excluding hydrogens is 348 g/mol. The molecule has 0 radical (unpaired) electrons. The Morgan fingerprint density at radius 2 is 2.04 bits per heavy atom. The normalized spacial score (nSPS) is 18.6. The van der Waals surface area contributed by atoms with Crippen LogP contribution in [0.15, 0.2) is 23.6 Å². The molecule has 2 heterocycles. The summed E-state index contributed by atoms with van der Waals surface area (Å²) in [4.78, 5) is 13.7. The Labute approximate surface area is 148 Å². The molecular formula is C17H17ClN2O3S. The highest BCUT2D eigenvalue weighted by Gasteiger charge is 2.23. The van der Waals surface area contributed by atoms with E-state index in [-0.39, 0.29) is 12.1 Å². The molecule has 1 aliphatic heterocycles. The predicted octanol–water partition coefficient (Wildman–Crippen LogP) is 4.37. The number of rotatable bonds is 2. The molecule has 0 bridgehead atoms. The zero-order chi connectivity index (χ0) is 16.5. The zero-order valence-electron chi connectivity index (χ0n) is 12.9. The van der Waals surface area contributed by atoms with Gasteiger partial charge in [0.05, 0.1) is 16.8 Å². The summed E-state index contributed by atoms with van der Waals surface area (Å²) in [6.07, 6.45) is 3.13. The van der Waals surface area contributed by atoms with E-state index in [4.69, 9.17) is 21.1 Å². The van der Waals surface area contributed by atoms with Gasteiger partial charge in [-0.1, -0.05) is 11.6 Å². The first-order chi connectivity index (χ1) is 11.7. The van der Waals surface area contributed by atoms with Crippen molar-refractivity contribution in [3.63, 3.8) is 0 Å². The van der Waals surface area contributed by atoms with Crippen molar-refractivity contribution in [3.05, 3.63) is 39.0 Å². The quantitative estimate of drug-likeness (QED) is 0.831. The molecule has 2 aliphatic rings. The van der Waals surface area contributed by atoms with Gasteiger partial charge in [0.15, 0.2) is 11.5 Å². The second kappa shape index (κ2) is 6.53. The van der Waals surface area contributed by atoms with E-state index in [0.29, 0.717) is 35.4 Å². The van der Waals surface area contributed by atoms with Gasteiger partial charge in [-0.25, -0.2) is 4.79 Å². The van der Waals surface area contributed by atoms with Gasteiger partial charge in [0.25, 0.3) is 0 Å². The molecule has 126 valence electrons. The van der Waals surface area contributed by atoms with Crippen molar-refractivity contribution in [2.75, 3.05) is 18.5 Å². The van der Waals surface area contributed by atoms with Gasteiger partial charge in [-0.3, -0.25) is 0 Å². The van der Waals surface area contributed by atoms with E-state index in [1.54, 1.807) is 23.5 Å². The third-order valence-corrected chi connectivity index (χ3v) is 5.55. The summed E-state index contributed by atoms with van der Waals surface area (Å²) >= 11 is 7.99. The SMILES string of the molecule is O=C(Nc1cc2c(cc1Cl)OCCO2)NC1CCCc2sccc21. The zero-order valence-corrected chi connectivity index (χ0v) is 14.5. The highest BCUT2D eigenvalue weighted by molar-refractivity contribution is 7.10. The lowest BCUT2D eigenvalue weighted by Gasteiger charge is -2.24. The van der Waals surface area contributed by atoms with Gasteiger partial charge in [0, 0.05) is 17.0 Å². The highest BCUT2D eigenvalue weighted by Crippen LogP contribution is 2.38. The number of ether oxygens (including phenoxy) is 2. The van der Waals surface area contributed by atoms with Crippen LogP contribution in [0.5, 0.6) is 11.5 Å². The van der Waals surface area contributed by atoms with E-state index < -0.39 is 0 Å². The number of fused-ring (bicyclic) bond motifs is 2. The van der Waals surface area contributed by atoms with E-state index in [2.05, 4.69) is 22.1 Å². The summed E-state index contributed by atoms with van der Waals surface area (Å²) in [5, 5.41) is 8.37. The van der Waals surface area contributed by atoms with E-state index in [0.717, 1.165) is 19.3 Å². The van der Waals surface area contributed by atoms with Gasteiger partial charge < -0.3 is 20.1 Å². The van der Waals surface area contributed by atoms with Crippen LogP contribution in [0, 0.1) is 0 Å². The minimum atomic E-state index is -0.266. The van der Waals surface area contributed by atoms with Crippen LogP contribution >= 0.6 is 22.9 Å². The molecule has 1 aromatic carbocycles. The molecule has 0 saturated carbocycles. The third-order valence-electron chi connectivity index (χ3n) is 4.24. The standard InChI is InChI=1S/C17H17ClN2O3S/c18-11-8-14-15(23-6-5-22-14)9-13(11)20-17(21)19-12-2-1-3-16-10(12)4-7-24-16/h4,7-9,12H,1-3,5-6H2,(H2,19,20,21). The molecule has 2 N–H and O–H groups in total. The number of halogens is 1. The Morgan fingerprint density at radius 1 is 1.25 bits per heavy atom. The van der Waals surface area contributed by atoms with Crippen LogP contribution in [-0.2, 0) is 6.42 Å². The Kier molecular flexibility index (Phi) is 4.24. The molecule has 1 atom stereocenters. The van der Waals surface area contributed by atoms with Crippen molar-refractivity contribution in [2.24, 2.45) is 0 Å². The maximum atomic E-state index is 12.4. The van der Waals surface area contributed by atoms with Gasteiger partial charge >= 0.3 is 6.03 Å². The van der Waals surface area contributed by atoms with Crippen molar-refractivity contribution in [1.29, 1.82) is 0 Å². The Bertz CT molecular complexity index is 777. The van der Waals surface area contributed by atoms with Gasteiger partial charge in [0.1, 0.15) is 13.2 Å². The predicted molar refractivity (Wildman–Crippen MR) is 94.6 cm³/mol. The van der Waals surface area contributed by atoms with Crippen LogP contribution in [0.4, 0.5) is 10.5 Å². The minimum absolute atomic E-state index is 0.0518. The van der Waals surface area contributed by atoms with Gasteiger partial charge in [-0.15, -0.1) is 11.3 Å². The van der Waals surface area contributed by atoms with Crippen LogP contribution in [-0.4, -0.2) is 19.2 Å². The highest BCUT2D eigenvalue weighted by atomic mass is 35.5. The number of thiophene rings is 1. The van der Waals surface area contributed by atoms with E-state index in [1.165, 1.54) is 10.4 Å². The second-order valence-corrected chi connectivity index (χ2v) is 7.23. The number of nitrogens with one attached hydrogen (secondary N) is 2. The minimum Gasteiger partial charge on any atom is -0.486 e.